The standard InChI is InChI=1S/C13H29NO3/c1-6-16-12(17-7-2)10-14-11(8-9-15)13(3,4)5/h11-12,14-15H,6-10H2,1-5H3. The summed E-state index contributed by atoms with van der Waals surface area (Å²) in [4.78, 5) is 0. The zero-order chi connectivity index (χ0) is 13.3. The summed E-state index contributed by atoms with van der Waals surface area (Å²) in [5.74, 6) is 0. The Labute approximate surface area is 106 Å². The average Bonchev–Trinajstić information content (AvgIpc) is 2.23. The van der Waals surface area contributed by atoms with Crippen molar-refractivity contribution in [2.45, 2.75) is 53.4 Å². The van der Waals surface area contributed by atoms with Crippen molar-refractivity contribution < 1.29 is 14.6 Å². The Balaban J connectivity index is 4.16. The van der Waals surface area contributed by atoms with E-state index in [0.29, 0.717) is 19.8 Å². The fourth-order valence-corrected chi connectivity index (χ4v) is 1.75. The molecule has 0 aromatic carbocycles. The third-order valence-corrected chi connectivity index (χ3v) is 2.70. The first-order valence-electron chi connectivity index (χ1n) is 6.53. The van der Waals surface area contributed by atoms with E-state index in [1.807, 2.05) is 13.8 Å². The van der Waals surface area contributed by atoms with Crippen molar-refractivity contribution in [2.24, 2.45) is 5.41 Å². The molecule has 2 N–H and O–H groups in total. The van der Waals surface area contributed by atoms with Gasteiger partial charge in [-0.3, -0.25) is 0 Å². The Morgan fingerprint density at radius 2 is 1.65 bits per heavy atom. The Kier molecular flexibility index (Phi) is 8.78. The minimum absolute atomic E-state index is 0.117. The van der Waals surface area contributed by atoms with Crippen molar-refractivity contribution in [3.8, 4) is 0 Å². The van der Waals surface area contributed by atoms with E-state index < -0.39 is 0 Å². The van der Waals surface area contributed by atoms with Crippen LogP contribution in [0, 0.1) is 5.41 Å². The van der Waals surface area contributed by atoms with Crippen LogP contribution in [-0.4, -0.2) is 43.8 Å². The van der Waals surface area contributed by atoms with Gasteiger partial charge in [0.15, 0.2) is 6.29 Å². The van der Waals surface area contributed by atoms with Gasteiger partial charge in [-0.05, 0) is 25.7 Å². The number of ether oxygens (including phenoxy) is 2. The van der Waals surface area contributed by atoms with Gasteiger partial charge in [-0.1, -0.05) is 20.8 Å². The average molecular weight is 247 g/mol. The van der Waals surface area contributed by atoms with Crippen molar-refractivity contribution in [3.05, 3.63) is 0 Å². The Morgan fingerprint density at radius 3 is 2.00 bits per heavy atom. The number of aliphatic hydroxyl groups excluding tert-OH is 1. The maximum atomic E-state index is 9.07. The molecule has 0 aliphatic carbocycles. The van der Waals surface area contributed by atoms with E-state index in [-0.39, 0.29) is 24.4 Å². The van der Waals surface area contributed by atoms with E-state index in [9.17, 15) is 0 Å². The highest BCUT2D eigenvalue weighted by Gasteiger charge is 2.24. The van der Waals surface area contributed by atoms with E-state index in [1.54, 1.807) is 0 Å². The maximum Gasteiger partial charge on any atom is 0.169 e. The summed E-state index contributed by atoms with van der Waals surface area (Å²) in [6, 6.07) is 0.260. The SMILES string of the molecule is CCOC(CNC(CCO)C(C)(C)C)OCC. The van der Waals surface area contributed by atoms with Crippen LogP contribution in [-0.2, 0) is 9.47 Å². The molecule has 0 saturated heterocycles. The summed E-state index contributed by atoms with van der Waals surface area (Å²) >= 11 is 0. The molecule has 1 atom stereocenters. The predicted octanol–water partition coefficient (Wildman–Crippen LogP) is 1.77. The van der Waals surface area contributed by atoms with Crippen LogP contribution in [0.4, 0.5) is 0 Å². The Bertz CT molecular complexity index is 174. The number of aliphatic hydroxyl groups is 1. The van der Waals surface area contributed by atoms with E-state index in [1.165, 1.54) is 0 Å². The van der Waals surface area contributed by atoms with Crippen LogP contribution in [0.25, 0.3) is 0 Å². The summed E-state index contributed by atoms with van der Waals surface area (Å²) in [5.41, 5.74) is 0.117. The van der Waals surface area contributed by atoms with Gasteiger partial charge in [0, 0.05) is 32.4 Å². The molecule has 0 radical (unpaired) electrons. The molecular formula is C13H29NO3. The monoisotopic (exact) mass is 247 g/mol. The highest BCUT2D eigenvalue weighted by Crippen LogP contribution is 2.21. The zero-order valence-corrected chi connectivity index (χ0v) is 12.0. The lowest BCUT2D eigenvalue weighted by Gasteiger charge is -2.32. The minimum atomic E-state index is -0.200. The topological polar surface area (TPSA) is 50.7 Å². The summed E-state index contributed by atoms with van der Waals surface area (Å²) in [6.45, 7) is 12.6. The molecule has 0 fully saturated rings. The number of hydrogen-bond donors (Lipinski definition) is 2. The van der Waals surface area contributed by atoms with Gasteiger partial charge in [-0.15, -0.1) is 0 Å². The highest BCUT2D eigenvalue weighted by molar-refractivity contribution is 4.80. The van der Waals surface area contributed by atoms with Gasteiger partial charge in [-0.2, -0.15) is 0 Å². The highest BCUT2D eigenvalue weighted by atomic mass is 16.7. The van der Waals surface area contributed by atoms with E-state index in [4.69, 9.17) is 14.6 Å². The molecule has 0 aliphatic rings. The molecule has 0 rings (SSSR count). The molecule has 104 valence electrons. The van der Waals surface area contributed by atoms with Crippen molar-refractivity contribution in [1.82, 2.24) is 5.32 Å². The molecule has 17 heavy (non-hydrogen) atoms. The van der Waals surface area contributed by atoms with Gasteiger partial charge in [0.1, 0.15) is 0 Å². The summed E-state index contributed by atoms with van der Waals surface area (Å²) < 4.78 is 11.0. The van der Waals surface area contributed by atoms with Crippen LogP contribution in [0.15, 0.2) is 0 Å². The van der Waals surface area contributed by atoms with Gasteiger partial charge in [0.25, 0.3) is 0 Å². The summed E-state index contributed by atoms with van der Waals surface area (Å²) in [7, 11) is 0. The molecule has 4 nitrogen and oxygen atoms in total. The number of hydrogen-bond acceptors (Lipinski definition) is 4. The van der Waals surface area contributed by atoms with Crippen LogP contribution in [0.2, 0.25) is 0 Å². The quantitative estimate of drug-likeness (QED) is 0.610. The van der Waals surface area contributed by atoms with E-state index in [2.05, 4.69) is 26.1 Å². The Hall–Kier alpha value is -0.160. The molecule has 0 aromatic rings. The maximum absolute atomic E-state index is 9.07. The fourth-order valence-electron chi connectivity index (χ4n) is 1.75. The van der Waals surface area contributed by atoms with Crippen molar-refractivity contribution in [1.29, 1.82) is 0 Å². The smallest absolute Gasteiger partial charge is 0.169 e. The van der Waals surface area contributed by atoms with Crippen LogP contribution < -0.4 is 5.32 Å². The largest absolute Gasteiger partial charge is 0.396 e. The predicted molar refractivity (Wildman–Crippen MR) is 70.0 cm³/mol. The molecule has 1 unspecified atom stereocenters. The molecule has 0 spiro atoms. The minimum Gasteiger partial charge on any atom is -0.396 e. The van der Waals surface area contributed by atoms with Crippen LogP contribution in [0.5, 0.6) is 0 Å². The first kappa shape index (κ1) is 16.8. The third kappa shape index (κ3) is 7.71. The first-order valence-corrected chi connectivity index (χ1v) is 6.53. The van der Waals surface area contributed by atoms with Gasteiger partial charge in [0.05, 0.1) is 0 Å². The molecule has 0 amide bonds. The van der Waals surface area contributed by atoms with Gasteiger partial charge in [0.2, 0.25) is 0 Å². The molecule has 4 heteroatoms. The second-order valence-electron chi connectivity index (χ2n) is 5.18. The fraction of sp³-hybridized carbons (Fsp3) is 1.00. The van der Waals surface area contributed by atoms with Crippen molar-refractivity contribution in [3.63, 3.8) is 0 Å². The second-order valence-corrected chi connectivity index (χ2v) is 5.18. The van der Waals surface area contributed by atoms with E-state index >= 15 is 0 Å². The zero-order valence-electron chi connectivity index (χ0n) is 12.0. The first-order chi connectivity index (χ1) is 7.95. The molecular weight excluding hydrogens is 218 g/mol. The van der Waals surface area contributed by atoms with Gasteiger partial charge < -0.3 is 19.9 Å². The van der Waals surface area contributed by atoms with Crippen molar-refractivity contribution >= 4 is 0 Å². The number of nitrogens with one attached hydrogen (secondary N) is 1. The number of rotatable bonds is 9. The van der Waals surface area contributed by atoms with Crippen molar-refractivity contribution in [2.75, 3.05) is 26.4 Å². The lowest BCUT2D eigenvalue weighted by Crippen LogP contribution is -2.45. The second kappa shape index (κ2) is 8.86. The molecule has 0 aliphatic heterocycles. The van der Waals surface area contributed by atoms with Crippen LogP contribution in [0.1, 0.15) is 41.0 Å². The van der Waals surface area contributed by atoms with Gasteiger partial charge >= 0.3 is 0 Å². The lowest BCUT2D eigenvalue weighted by molar-refractivity contribution is -0.134. The molecule has 0 aromatic heterocycles. The third-order valence-electron chi connectivity index (χ3n) is 2.70. The Morgan fingerprint density at radius 1 is 1.12 bits per heavy atom. The molecule has 0 saturated carbocycles. The summed E-state index contributed by atoms with van der Waals surface area (Å²) in [6.07, 6.45) is 0.544. The lowest BCUT2D eigenvalue weighted by atomic mass is 9.85. The van der Waals surface area contributed by atoms with Crippen LogP contribution in [0.3, 0.4) is 0 Å². The summed E-state index contributed by atoms with van der Waals surface area (Å²) in [5, 5.41) is 12.5. The molecule has 0 bridgehead atoms. The normalized spacial score (nSPS) is 14.3. The van der Waals surface area contributed by atoms with Gasteiger partial charge in [-0.25, -0.2) is 0 Å². The molecule has 0 heterocycles. The van der Waals surface area contributed by atoms with Crippen LogP contribution >= 0.6 is 0 Å². The van der Waals surface area contributed by atoms with E-state index in [0.717, 1.165) is 6.42 Å².